The molecule has 1 atom stereocenters. The first-order chi connectivity index (χ1) is 11.5. The maximum Gasteiger partial charge on any atom is 0.342 e. The third kappa shape index (κ3) is 3.55. The van der Waals surface area contributed by atoms with Crippen molar-refractivity contribution in [2.24, 2.45) is 0 Å². The zero-order valence-electron chi connectivity index (χ0n) is 14.5. The lowest BCUT2D eigenvalue weighted by molar-refractivity contribution is -0.138. The number of amides is 1. The van der Waals surface area contributed by atoms with Crippen molar-refractivity contribution in [2.75, 3.05) is 34.4 Å². The van der Waals surface area contributed by atoms with E-state index in [4.69, 9.17) is 18.9 Å². The Bertz CT molecular complexity index is 609. The second-order valence-electron chi connectivity index (χ2n) is 5.46. The van der Waals surface area contributed by atoms with Gasteiger partial charge in [-0.2, -0.15) is 0 Å². The van der Waals surface area contributed by atoms with E-state index in [-0.39, 0.29) is 17.2 Å². The fourth-order valence-electron chi connectivity index (χ4n) is 2.73. The molecule has 1 saturated heterocycles. The van der Waals surface area contributed by atoms with E-state index in [1.165, 1.54) is 27.4 Å². The molecule has 1 aliphatic heterocycles. The molecule has 0 spiro atoms. The molecule has 1 aromatic rings. The highest BCUT2D eigenvalue weighted by atomic mass is 16.6. The van der Waals surface area contributed by atoms with E-state index in [9.17, 15) is 9.59 Å². The molecular formula is C17H23NO6. The Labute approximate surface area is 141 Å². The Morgan fingerprint density at radius 3 is 2.17 bits per heavy atom. The molecule has 0 aromatic heterocycles. The minimum absolute atomic E-state index is 0.177. The van der Waals surface area contributed by atoms with Crippen molar-refractivity contribution in [3.63, 3.8) is 0 Å². The second-order valence-corrected chi connectivity index (χ2v) is 5.46. The Hall–Kier alpha value is -2.44. The highest BCUT2D eigenvalue weighted by Gasteiger charge is 2.28. The first-order valence-electron chi connectivity index (χ1n) is 7.82. The number of hydrogen-bond donors (Lipinski definition) is 0. The topological polar surface area (TPSA) is 74.3 Å². The standard InChI is InChI=1S/C17H23NO6/c1-11(16(19)18-9-5-6-10-18)24-17(20)12-7-8-13(21-2)15(23-4)14(12)22-3/h7-8,11H,5-6,9-10H2,1-4H3/t11-/m1/s1. The molecule has 24 heavy (non-hydrogen) atoms. The fraction of sp³-hybridized carbons (Fsp3) is 0.529. The van der Waals surface area contributed by atoms with Crippen LogP contribution in [0, 0.1) is 0 Å². The number of carbonyl (C=O) groups excluding carboxylic acids is 2. The summed E-state index contributed by atoms with van der Waals surface area (Å²) in [5.74, 6) is 0.121. The highest BCUT2D eigenvalue weighted by molar-refractivity contribution is 5.96. The Morgan fingerprint density at radius 1 is 1.00 bits per heavy atom. The van der Waals surface area contributed by atoms with E-state index in [0.29, 0.717) is 24.6 Å². The second kappa shape index (κ2) is 7.90. The maximum absolute atomic E-state index is 12.5. The van der Waals surface area contributed by atoms with Crippen molar-refractivity contribution in [2.45, 2.75) is 25.9 Å². The minimum Gasteiger partial charge on any atom is -0.493 e. The van der Waals surface area contributed by atoms with Crippen molar-refractivity contribution in [3.05, 3.63) is 17.7 Å². The summed E-state index contributed by atoms with van der Waals surface area (Å²) in [5, 5.41) is 0. The Balaban J connectivity index is 2.18. The number of ether oxygens (including phenoxy) is 4. The van der Waals surface area contributed by atoms with Crippen molar-refractivity contribution in [1.29, 1.82) is 0 Å². The summed E-state index contributed by atoms with van der Waals surface area (Å²) in [7, 11) is 4.37. The van der Waals surface area contributed by atoms with Crippen molar-refractivity contribution in [3.8, 4) is 17.2 Å². The zero-order chi connectivity index (χ0) is 17.7. The van der Waals surface area contributed by atoms with Crippen molar-refractivity contribution in [1.82, 2.24) is 4.90 Å². The van der Waals surface area contributed by atoms with Gasteiger partial charge in [0, 0.05) is 13.1 Å². The molecule has 7 heteroatoms. The predicted molar refractivity (Wildman–Crippen MR) is 86.8 cm³/mol. The van der Waals surface area contributed by atoms with Crippen LogP contribution in [0.4, 0.5) is 0 Å². The number of benzene rings is 1. The molecule has 1 amide bonds. The summed E-state index contributed by atoms with van der Waals surface area (Å²) in [5.41, 5.74) is 0.177. The summed E-state index contributed by atoms with van der Waals surface area (Å²) >= 11 is 0. The Kier molecular flexibility index (Phi) is 5.89. The third-order valence-electron chi connectivity index (χ3n) is 3.97. The van der Waals surface area contributed by atoms with Crippen molar-refractivity contribution < 1.29 is 28.5 Å². The molecule has 2 rings (SSSR count). The number of nitrogens with zero attached hydrogens (tertiary/aromatic N) is 1. The average molecular weight is 337 g/mol. The summed E-state index contributed by atoms with van der Waals surface area (Å²) in [6.07, 6.45) is 1.11. The largest absolute Gasteiger partial charge is 0.493 e. The van der Waals surface area contributed by atoms with Gasteiger partial charge in [0.2, 0.25) is 5.75 Å². The number of carbonyl (C=O) groups is 2. The number of methoxy groups -OCH3 is 3. The van der Waals surface area contributed by atoms with E-state index in [2.05, 4.69) is 0 Å². The van der Waals surface area contributed by atoms with Gasteiger partial charge in [-0.15, -0.1) is 0 Å². The lowest BCUT2D eigenvalue weighted by Gasteiger charge is -2.21. The van der Waals surface area contributed by atoms with Crippen LogP contribution in [0.15, 0.2) is 12.1 Å². The molecule has 1 fully saturated rings. The van der Waals surface area contributed by atoms with Crippen LogP contribution >= 0.6 is 0 Å². The fourth-order valence-corrected chi connectivity index (χ4v) is 2.73. The van der Waals surface area contributed by atoms with Crippen LogP contribution in [0.1, 0.15) is 30.1 Å². The van der Waals surface area contributed by atoms with E-state index in [1.54, 1.807) is 17.9 Å². The van der Waals surface area contributed by atoms with Gasteiger partial charge in [0.05, 0.1) is 21.3 Å². The molecule has 132 valence electrons. The summed E-state index contributed by atoms with van der Waals surface area (Å²) < 4.78 is 21.0. The van der Waals surface area contributed by atoms with Gasteiger partial charge in [-0.05, 0) is 31.9 Å². The van der Waals surface area contributed by atoms with Crippen LogP contribution in [-0.4, -0.2) is 57.3 Å². The van der Waals surface area contributed by atoms with Crippen LogP contribution in [0.25, 0.3) is 0 Å². The van der Waals surface area contributed by atoms with Crippen LogP contribution < -0.4 is 14.2 Å². The van der Waals surface area contributed by atoms with Gasteiger partial charge >= 0.3 is 5.97 Å². The lowest BCUT2D eigenvalue weighted by Crippen LogP contribution is -2.38. The predicted octanol–water partition coefficient (Wildman–Crippen LogP) is 1.88. The van der Waals surface area contributed by atoms with Gasteiger partial charge in [0.1, 0.15) is 5.56 Å². The van der Waals surface area contributed by atoms with Crippen molar-refractivity contribution >= 4 is 11.9 Å². The van der Waals surface area contributed by atoms with E-state index < -0.39 is 12.1 Å². The van der Waals surface area contributed by atoms with Gasteiger partial charge in [-0.25, -0.2) is 4.79 Å². The van der Waals surface area contributed by atoms with Gasteiger partial charge < -0.3 is 23.8 Å². The van der Waals surface area contributed by atoms with Crippen LogP contribution in [0.2, 0.25) is 0 Å². The number of likely N-dealkylation sites (tertiary alicyclic amines) is 1. The van der Waals surface area contributed by atoms with E-state index in [1.807, 2.05) is 0 Å². The highest BCUT2D eigenvalue weighted by Crippen LogP contribution is 2.40. The molecule has 1 aliphatic rings. The SMILES string of the molecule is COc1ccc(C(=O)O[C@H](C)C(=O)N2CCCC2)c(OC)c1OC. The molecule has 7 nitrogen and oxygen atoms in total. The minimum atomic E-state index is -0.853. The first kappa shape index (κ1) is 17.9. The van der Waals surface area contributed by atoms with E-state index >= 15 is 0 Å². The third-order valence-corrected chi connectivity index (χ3v) is 3.97. The molecular weight excluding hydrogens is 314 g/mol. The number of esters is 1. The molecule has 1 heterocycles. The smallest absolute Gasteiger partial charge is 0.342 e. The molecule has 0 radical (unpaired) electrons. The van der Waals surface area contributed by atoms with E-state index in [0.717, 1.165) is 12.8 Å². The Morgan fingerprint density at radius 2 is 1.62 bits per heavy atom. The number of rotatable bonds is 6. The van der Waals surface area contributed by atoms with Gasteiger partial charge in [-0.3, -0.25) is 4.79 Å². The van der Waals surface area contributed by atoms with Crippen LogP contribution in [-0.2, 0) is 9.53 Å². The molecule has 0 N–H and O–H groups in total. The quantitative estimate of drug-likeness (QED) is 0.738. The van der Waals surface area contributed by atoms with Gasteiger partial charge in [0.15, 0.2) is 17.6 Å². The first-order valence-corrected chi connectivity index (χ1v) is 7.82. The van der Waals surface area contributed by atoms with Crippen LogP contribution in [0.5, 0.6) is 17.2 Å². The molecule has 0 saturated carbocycles. The molecule has 0 unspecified atom stereocenters. The zero-order valence-corrected chi connectivity index (χ0v) is 14.5. The molecule has 0 bridgehead atoms. The number of hydrogen-bond acceptors (Lipinski definition) is 6. The maximum atomic E-state index is 12.5. The lowest BCUT2D eigenvalue weighted by atomic mass is 10.1. The monoisotopic (exact) mass is 337 g/mol. The average Bonchev–Trinajstić information content (AvgIpc) is 3.13. The molecule has 1 aromatic carbocycles. The van der Waals surface area contributed by atoms with Crippen LogP contribution in [0.3, 0.4) is 0 Å². The summed E-state index contributed by atoms with van der Waals surface area (Å²) in [4.78, 5) is 26.4. The normalized spacial score (nSPS) is 14.9. The summed E-state index contributed by atoms with van der Waals surface area (Å²) in [6, 6.07) is 3.11. The molecule has 0 aliphatic carbocycles. The summed E-state index contributed by atoms with van der Waals surface area (Å²) in [6.45, 7) is 2.99. The van der Waals surface area contributed by atoms with Gasteiger partial charge in [-0.1, -0.05) is 0 Å². The van der Waals surface area contributed by atoms with Gasteiger partial charge in [0.25, 0.3) is 5.91 Å².